The third-order valence-electron chi connectivity index (χ3n) is 6.95. The lowest BCUT2D eigenvalue weighted by Crippen LogP contribution is -2.30. The summed E-state index contributed by atoms with van der Waals surface area (Å²) in [6, 6.07) is 40.2. The molecule has 1 atom stereocenters. The summed E-state index contributed by atoms with van der Waals surface area (Å²) in [5.41, 5.74) is 6.25. The van der Waals surface area contributed by atoms with Crippen LogP contribution in [0.5, 0.6) is 0 Å². The molecule has 0 saturated heterocycles. The standard InChI is InChI=1S/C35H39NO3/c37-35(38)21-10-11-24-36(26-31-15-6-2-7-16-31)27-34(33-19-8-3-9-20-33)39-28-32-18-12-17-30(25-32)23-22-29-13-4-1-5-14-29/h1-9,12-20,25,34H,10-11,21-24,26-28H2,(H,37,38). The molecule has 0 saturated carbocycles. The van der Waals surface area contributed by atoms with Crippen LogP contribution in [0.3, 0.4) is 0 Å². The van der Waals surface area contributed by atoms with Gasteiger partial charge in [-0.25, -0.2) is 0 Å². The average Bonchev–Trinajstić information content (AvgIpc) is 2.98. The number of aliphatic carboxylic acids is 1. The van der Waals surface area contributed by atoms with Crippen LogP contribution in [0.15, 0.2) is 115 Å². The zero-order chi connectivity index (χ0) is 27.1. The Kier molecular flexibility index (Phi) is 11.3. The second-order valence-corrected chi connectivity index (χ2v) is 10.1. The highest BCUT2D eigenvalue weighted by molar-refractivity contribution is 5.66. The number of carboxylic acid groups (broad SMARTS) is 1. The summed E-state index contributed by atoms with van der Waals surface area (Å²) < 4.78 is 6.61. The summed E-state index contributed by atoms with van der Waals surface area (Å²) in [5.74, 6) is -0.735. The molecule has 4 aromatic rings. The van der Waals surface area contributed by atoms with Crippen molar-refractivity contribution in [1.29, 1.82) is 0 Å². The Labute approximate surface area is 232 Å². The maximum absolute atomic E-state index is 11.0. The smallest absolute Gasteiger partial charge is 0.303 e. The van der Waals surface area contributed by atoms with E-state index in [2.05, 4.69) is 108 Å². The number of carboxylic acids is 1. The van der Waals surface area contributed by atoms with Crippen LogP contribution in [0.1, 0.15) is 53.2 Å². The molecular formula is C35H39NO3. The Morgan fingerprint density at radius 2 is 1.28 bits per heavy atom. The molecule has 0 heterocycles. The molecule has 4 aromatic carbocycles. The molecule has 0 amide bonds. The van der Waals surface area contributed by atoms with Crippen molar-refractivity contribution in [1.82, 2.24) is 4.90 Å². The lowest BCUT2D eigenvalue weighted by Gasteiger charge is -2.28. The van der Waals surface area contributed by atoms with Gasteiger partial charge in [-0.15, -0.1) is 0 Å². The first kappa shape index (κ1) is 28.3. The second kappa shape index (κ2) is 15.6. The van der Waals surface area contributed by atoms with Gasteiger partial charge in [0.2, 0.25) is 0 Å². The summed E-state index contributed by atoms with van der Waals surface area (Å²) in [4.78, 5) is 13.4. The van der Waals surface area contributed by atoms with Crippen LogP contribution in [0, 0.1) is 0 Å². The minimum Gasteiger partial charge on any atom is -0.481 e. The molecule has 4 heteroatoms. The van der Waals surface area contributed by atoms with Crippen molar-refractivity contribution < 1.29 is 14.6 Å². The van der Waals surface area contributed by atoms with Crippen molar-refractivity contribution in [2.24, 2.45) is 0 Å². The minimum atomic E-state index is -0.735. The fourth-order valence-corrected chi connectivity index (χ4v) is 4.85. The van der Waals surface area contributed by atoms with Crippen molar-refractivity contribution in [2.45, 2.75) is 51.4 Å². The first-order chi connectivity index (χ1) is 19.2. The van der Waals surface area contributed by atoms with E-state index in [1.165, 1.54) is 22.3 Å². The van der Waals surface area contributed by atoms with Gasteiger partial charge in [0.05, 0.1) is 12.7 Å². The topological polar surface area (TPSA) is 49.8 Å². The van der Waals surface area contributed by atoms with E-state index in [4.69, 9.17) is 9.84 Å². The highest BCUT2D eigenvalue weighted by atomic mass is 16.5. The van der Waals surface area contributed by atoms with E-state index in [1.54, 1.807) is 0 Å². The predicted octanol–water partition coefficient (Wildman–Crippen LogP) is 7.49. The van der Waals surface area contributed by atoms with Crippen LogP contribution in [0.25, 0.3) is 0 Å². The fraction of sp³-hybridized carbons (Fsp3) is 0.286. The summed E-state index contributed by atoms with van der Waals surface area (Å²) in [6.45, 7) is 2.90. The van der Waals surface area contributed by atoms with Crippen LogP contribution in [0.4, 0.5) is 0 Å². The number of hydrogen-bond donors (Lipinski definition) is 1. The van der Waals surface area contributed by atoms with Gasteiger partial charge in [0.25, 0.3) is 0 Å². The fourth-order valence-electron chi connectivity index (χ4n) is 4.85. The number of benzene rings is 4. The molecule has 4 nitrogen and oxygen atoms in total. The number of aryl methyl sites for hydroxylation is 2. The van der Waals surface area contributed by atoms with Gasteiger partial charge < -0.3 is 9.84 Å². The Balaban J connectivity index is 1.43. The molecule has 0 bridgehead atoms. The molecule has 0 spiro atoms. The molecule has 0 aromatic heterocycles. The lowest BCUT2D eigenvalue weighted by atomic mass is 10.0. The second-order valence-electron chi connectivity index (χ2n) is 10.1. The van der Waals surface area contributed by atoms with E-state index in [0.717, 1.165) is 44.5 Å². The average molecular weight is 522 g/mol. The van der Waals surface area contributed by atoms with Gasteiger partial charge in [0, 0.05) is 19.5 Å². The number of nitrogens with zero attached hydrogens (tertiary/aromatic N) is 1. The summed E-state index contributed by atoms with van der Waals surface area (Å²) in [7, 11) is 0. The zero-order valence-electron chi connectivity index (χ0n) is 22.6. The SMILES string of the molecule is O=C(O)CCCCN(Cc1ccccc1)CC(OCc1cccc(CCc2ccccc2)c1)c1ccccc1. The normalized spacial score (nSPS) is 11.9. The predicted molar refractivity (Wildman–Crippen MR) is 157 cm³/mol. The number of carbonyl (C=O) groups is 1. The molecule has 4 rings (SSSR count). The quantitative estimate of drug-likeness (QED) is 0.155. The van der Waals surface area contributed by atoms with Gasteiger partial charge in [0.15, 0.2) is 0 Å². The van der Waals surface area contributed by atoms with Gasteiger partial charge in [0.1, 0.15) is 0 Å². The number of hydrogen-bond acceptors (Lipinski definition) is 3. The highest BCUT2D eigenvalue weighted by Crippen LogP contribution is 2.23. The number of ether oxygens (including phenoxy) is 1. The maximum Gasteiger partial charge on any atom is 0.303 e. The molecule has 1 N–H and O–H groups in total. The molecule has 39 heavy (non-hydrogen) atoms. The summed E-state index contributed by atoms with van der Waals surface area (Å²) >= 11 is 0. The summed E-state index contributed by atoms with van der Waals surface area (Å²) in [5, 5.41) is 9.06. The van der Waals surface area contributed by atoms with Crippen molar-refractivity contribution in [3.8, 4) is 0 Å². The van der Waals surface area contributed by atoms with Gasteiger partial charge in [-0.1, -0.05) is 115 Å². The van der Waals surface area contributed by atoms with Crippen molar-refractivity contribution in [3.05, 3.63) is 143 Å². The van der Waals surface area contributed by atoms with Crippen LogP contribution in [-0.2, 0) is 35.5 Å². The van der Waals surface area contributed by atoms with Gasteiger partial charge in [-0.3, -0.25) is 9.69 Å². The molecular weight excluding hydrogens is 482 g/mol. The van der Waals surface area contributed by atoms with Gasteiger partial charge in [-0.2, -0.15) is 0 Å². The molecule has 0 fully saturated rings. The molecule has 1 unspecified atom stereocenters. The molecule has 0 radical (unpaired) electrons. The molecule has 202 valence electrons. The highest BCUT2D eigenvalue weighted by Gasteiger charge is 2.18. The van der Waals surface area contributed by atoms with Gasteiger partial charge in [-0.05, 0) is 60.0 Å². The third-order valence-corrected chi connectivity index (χ3v) is 6.95. The molecule has 0 aliphatic rings. The first-order valence-electron chi connectivity index (χ1n) is 13.9. The summed E-state index contributed by atoms with van der Waals surface area (Å²) in [6.07, 6.45) is 3.65. The molecule has 0 aliphatic carbocycles. The number of rotatable bonds is 16. The number of unbranched alkanes of at least 4 members (excludes halogenated alkanes) is 1. The first-order valence-corrected chi connectivity index (χ1v) is 13.9. The van der Waals surface area contributed by atoms with Crippen molar-refractivity contribution >= 4 is 5.97 Å². The lowest BCUT2D eigenvalue weighted by molar-refractivity contribution is -0.137. The van der Waals surface area contributed by atoms with E-state index in [9.17, 15) is 4.79 Å². The Hall–Kier alpha value is -3.73. The Morgan fingerprint density at radius 1 is 0.692 bits per heavy atom. The Morgan fingerprint density at radius 3 is 1.97 bits per heavy atom. The van der Waals surface area contributed by atoms with E-state index in [1.807, 2.05) is 12.1 Å². The Bertz CT molecular complexity index is 1240. The monoisotopic (exact) mass is 521 g/mol. The van der Waals surface area contributed by atoms with Crippen LogP contribution >= 0.6 is 0 Å². The van der Waals surface area contributed by atoms with Crippen LogP contribution < -0.4 is 0 Å². The molecule has 0 aliphatic heterocycles. The van der Waals surface area contributed by atoms with Crippen LogP contribution in [-0.4, -0.2) is 29.1 Å². The third kappa shape index (κ3) is 10.2. The van der Waals surface area contributed by atoms with Crippen LogP contribution in [0.2, 0.25) is 0 Å². The van der Waals surface area contributed by atoms with Crippen molar-refractivity contribution in [2.75, 3.05) is 13.1 Å². The van der Waals surface area contributed by atoms with E-state index in [-0.39, 0.29) is 12.5 Å². The van der Waals surface area contributed by atoms with Gasteiger partial charge >= 0.3 is 5.97 Å². The van der Waals surface area contributed by atoms with E-state index >= 15 is 0 Å². The zero-order valence-corrected chi connectivity index (χ0v) is 22.6. The minimum absolute atomic E-state index is 0.0950. The van der Waals surface area contributed by atoms with E-state index < -0.39 is 5.97 Å². The maximum atomic E-state index is 11.0. The van der Waals surface area contributed by atoms with E-state index in [0.29, 0.717) is 13.0 Å². The van der Waals surface area contributed by atoms with Crippen molar-refractivity contribution in [3.63, 3.8) is 0 Å². The largest absolute Gasteiger partial charge is 0.481 e.